The fraction of sp³-hybridized carbons (Fsp3) is 0.0400. The zero-order valence-electron chi connectivity index (χ0n) is 16.9. The number of hydrogen-bond donors (Lipinski definition) is 2. The van der Waals surface area contributed by atoms with E-state index in [-0.39, 0.29) is 6.03 Å². The summed E-state index contributed by atoms with van der Waals surface area (Å²) < 4.78 is 11.2. The van der Waals surface area contributed by atoms with E-state index in [2.05, 4.69) is 15.6 Å². The summed E-state index contributed by atoms with van der Waals surface area (Å²) in [5.41, 5.74) is 3.28. The zero-order chi connectivity index (χ0) is 21.5. The van der Waals surface area contributed by atoms with Gasteiger partial charge in [-0.3, -0.25) is 4.98 Å². The molecule has 0 aliphatic carbocycles. The van der Waals surface area contributed by atoms with Crippen molar-refractivity contribution in [1.82, 2.24) is 4.98 Å². The first-order valence-electron chi connectivity index (χ1n) is 9.71. The van der Waals surface area contributed by atoms with Crippen LogP contribution >= 0.6 is 0 Å². The molecule has 2 N–H and O–H groups in total. The fourth-order valence-electron chi connectivity index (χ4n) is 3.07. The Hall–Kier alpha value is -4.32. The van der Waals surface area contributed by atoms with Crippen molar-refractivity contribution in [1.29, 1.82) is 0 Å². The number of carbonyl (C=O) groups is 1. The topological polar surface area (TPSA) is 72.5 Å². The summed E-state index contributed by atoms with van der Waals surface area (Å²) in [7, 11) is 1.61. The number of pyridine rings is 1. The predicted molar refractivity (Wildman–Crippen MR) is 122 cm³/mol. The molecule has 1 heterocycles. The normalized spacial score (nSPS) is 10.2. The predicted octanol–water partition coefficient (Wildman–Crippen LogP) is 6.19. The Bertz CT molecular complexity index is 1150. The molecule has 6 nitrogen and oxygen atoms in total. The van der Waals surface area contributed by atoms with Gasteiger partial charge in [-0.2, -0.15) is 0 Å². The maximum atomic E-state index is 12.4. The quantitative estimate of drug-likeness (QED) is 0.397. The van der Waals surface area contributed by atoms with Gasteiger partial charge in [0.2, 0.25) is 0 Å². The van der Waals surface area contributed by atoms with Crippen LogP contribution in [0.1, 0.15) is 0 Å². The first-order valence-corrected chi connectivity index (χ1v) is 9.71. The first-order chi connectivity index (χ1) is 15.2. The van der Waals surface area contributed by atoms with E-state index in [1.165, 1.54) is 0 Å². The number of aromatic nitrogens is 1. The van der Waals surface area contributed by atoms with Crippen molar-refractivity contribution >= 4 is 17.4 Å². The van der Waals surface area contributed by atoms with E-state index in [1.807, 2.05) is 42.5 Å². The molecule has 0 atom stereocenters. The molecule has 4 aromatic rings. The number of urea groups is 1. The fourth-order valence-corrected chi connectivity index (χ4v) is 3.07. The van der Waals surface area contributed by atoms with Crippen molar-refractivity contribution in [3.05, 3.63) is 97.3 Å². The van der Waals surface area contributed by atoms with Gasteiger partial charge in [0, 0.05) is 35.4 Å². The van der Waals surface area contributed by atoms with Gasteiger partial charge in [0.1, 0.15) is 17.2 Å². The molecule has 154 valence electrons. The number of nitrogens with zero attached hydrogens (tertiary/aromatic N) is 1. The van der Waals surface area contributed by atoms with E-state index < -0.39 is 0 Å². The van der Waals surface area contributed by atoms with E-state index in [9.17, 15) is 4.79 Å². The van der Waals surface area contributed by atoms with E-state index in [4.69, 9.17) is 9.47 Å². The summed E-state index contributed by atoms with van der Waals surface area (Å²) in [6, 6.07) is 25.8. The Kier molecular flexibility index (Phi) is 6.09. The number of amides is 2. The van der Waals surface area contributed by atoms with Crippen LogP contribution in [0.5, 0.6) is 17.2 Å². The number of benzene rings is 3. The minimum atomic E-state index is -0.350. The molecular weight excluding hydrogens is 390 g/mol. The maximum absolute atomic E-state index is 12.4. The second-order valence-corrected chi connectivity index (χ2v) is 6.67. The van der Waals surface area contributed by atoms with Gasteiger partial charge >= 0.3 is 6.03 Å². The molecule has 3 aromatic carbocycles. The number of hydrogen-bond acceptors (Lipinski definition) is 4. The molecule has 0 fully saturated rings. The molecule has 4 rings (SSSR count). The van der Waals surface area contributed by atoms with Crippen LogP contribution in [-0.4, -0.2) is 18.1 Å². The Balaban J connectivity index is 1.39. The summed E-state index contributed by atoms with van der Waals surface area (Å²) in [6.07, 6.45) is 3.33. The molecule has 0 saturated carbocycles. The van der Waals surface area contributed by atoms with Crippen LogP contribution in [0.15, 0.2) is 97.3 Å². The van der Waals surface area contributed by atoms with Gasteiger partial charge in [-0.15, -0.1) is 0 Å². The number of ether oxygens (including phenoxy) is 2. The second-order valence-electron chi connectivity index (χ2n) is 6.67. The monoisotopic (exact) mass is 411 g/mol. The Morgan fingerprint density at radius 3 is 2.13 bits per heavy atom. The van der Waals surface area contributed by atoms with Crippen LogP contribution in [0.3, 0.4) is 0 Å². The van der Waals surface area contributed by atoms with Crippen molar-refractivity contribution in [3.8, 4) is 28.4 Å². The van der Waals surface area contributed by atoms with Gasteiger partial charge in [-0.05, 0) is 54.1 Å². The second kappa shape index (κ2) is 9.45. The molecule has 31 heavy (non-hydrogen) atoms. The van der Waals surface area contributed by atoms with Gasteiger partial charge in [-0.25, -0.2) is 4.79 Å². The van der Waals surface area contributed by atoms with E-state index in [0.29, 0.717) is 28.6 Å². The maximum Gasteiger partial charge on any atom is 0.323 e. The van der Waals surface area contributed by atoms with Gasteiger partial charge in [0.25, 0.3) is 0 Å². The highest BCUT2D eigenvalue weighted by Gasteiger charge is 2.09. The smallest absolute Gasteiger partial charge is 0.323 e. The van der Waals surface area contributed by atoms with Crippen molar-refractivity contribution in [2.45, 2.75) is 0 Å². The molecule has 0 saturated heterocycles. The lowest BCUT2D eigenvalue weighted by atomic mass is 10.0. The Labute approximate surface area is 180 Å². The average Bonchev–Trinajstić information content (AvgIpc) is 2.81. The summed E-state index contributed by atoms with van der Waals surface area (Å²) in [5, 5.41) is 5.64. The third-order valence-electron chi connectivity index (χ3n) is 4.54. The van der Waals surface area contributed by atoms with Crippen LogP contribution in [0.2, 0.25) is 0 Å². The van der Waals surface area contributed by atoms with Crippen LogP contribution < -0.4 is 20.1 Å². The standard InChI is InChI=1S/C25H21N3O3/c1-30-24-17-20(9-12-23(24)18-5-3-2-4-6-18)28-25(29)27-19-7-10-21(11-8-19)31-22-13-15-26-16-14-22/h2-17H,1H3,(H2,27,28,29). The van der Waals surface area contributed by atoms with Gasteiger partial charge in [-0.1, -0.05) is 30.3 Å². The summed E-state index contributed by atoms with van der Waals surface area (Å²) in [5.74, 6) is 2.04. The van der Waals surface area contributed by atoms with E-state index >= 15 is 0 Å². The largest absolute Gasteiger partial charge is 0.496 e. The first kappa shape index (κ1) is 20.0. The van der Waals surface area contributed by atoms with Crippen molar-refractivity contribution in [2.75, 3.05) is 17.7 Å². The highest BCUT2D eigenvalue weighted by atomic mass is 16.5. The third kappa shape index (κ3) is 5.19. The van der Waals surface area contributed by atoms with Crippen LogP contribution in [0, 0.1) is 0 Å². The molecule has 0 aliphatic heterocycles. The molecule has 1 aromatic heterocycles. The van der Waals surface area contributed by atoms with Crippen LogP contribution in [0.4, 0.5) is 16.2 Å². The Morgan fingerprint density at radius 1 is 0.774 bits per heavy atom. The van der Waals surface area contributed by atoms with Gasteiger partial charge < -0.3 is 20.1 Å². The highest BCUT2D eigenvalue weighted by molar-refractivity contribution is 6.00. The van der Waals surface area contributed by atoms with Crippen molar-refractivity contribution < 1.29 is 14.3 Å². The molecule has 6 heteroatoms. The van der Waals surface area contributed by atoms with Gasteiger partial charge in [0.05, 0.1) is 7.11 Å². The number of carbonyl (C=O) groups excluding carboxylic acids is 1. The van der Waals surface area contributed by atoms with E-state index in [1.54, 1.807) is 62.0 Å². The summed E-state index contributed by atoms with van der Waals surface area (Å²) in [4.78, 5) is 16.4. The SMILES string of the molecule is COc1cc(NC(=O)Nc2ccc(Oc3ccncc3)cc2)ccc1-c1ccccc1. The summed E-state index contributed by atoms with van der Waals surface area (Å²) in [6.45, 7) is 0. The number of anilines is 2. The zero-order valence-corrected chi connectivity index (χ0v) is 16.9. The van der Waals surface area contributed by atoms with Crippen LogP contribution in [-0.2, 0) is 0 Å². The lowest BCUT2D eigenvalue weighted by molar-refractivity contribution is 0.262. The molecular formula is C25H21N3O3. The lowest BCUT2D eigenvalue weighted by Crippen LogP contribution is -2.19. The average molecular weight is 411 g/mol. The molecule has 0 spiro atoms. The molecule has 2 amide bonds. The van der Waals surface area contributed by atoms with Crippen molar-refractivity contribution in [2.24, 2.45) is 0 Å². The summed E-state index contributed by atoms with van der Waals surface area (Å²) >= 11 is 0. The Morgan fingerprint density at radius 2 is 1.42 bits per heavy atom. The van der Waals surface area contributed by atoms with E-state index in [0.717, 1.165) is 11.1 Å². The van der Waals surface area contributed by atoms with Crippen LogP contribution in [0.25, 0.3) is 11.1 Å². The lowest BCUT2D eigenvalue weighted by Gasteiger charge is -2.13. The minimum absolute atomic E-state index is 0.350. The number of nitrogens with one attached hydrogen (secondary N) is 2. The molecule has 0 bridgehead atoms. The number of rotatable bonds is 6. The molecule has 0 aliphatic rings. The minimum Gasteiger partial charge on any atom is -0.496 e. The molecule has 0 radical (unpaired) electrons. The van der Waals surface area contributed by atoms with Crippen molar-refractivity contribution in [3.63, 3.8) is 0 Å². The third-order valence-corrected chi connectivity index (χ3v) is 4.54. The van der Waals surface area contributed by atoms with Gasteiger partial charge in [0.15, 0.2) is 0 Å². The molecule has 0 unspecified atom stereocenters. The number of methoxy groups -OCH3 is 1. The highest BCUT2D eigenvalue weighted by Crippen LogP contribution is 2.32.